The summed E-state index contributed by atoms with van der Waals surface area (Å²) >= 11 is 0. The van der Waals surface area contributed by atoms with Gasteiger partial charge in [0.2, 0.25) is 0 Å². The van der Waals surface area contributed by atoms with Gasteiger partial charge in [-0.15, -0.1) is 0 Å². The maximum atomic E-state index is 6.32. The second kappa shape index (κ2) is 7.02. The predicted octanol–water partition coefficient (Wildman–Crippen LogP) is 3.85. The van der Waals surface area contributed by atoms with Crippen LogP contribution in [0.25, 0.3) is 0 Å². The van der Waals surface area contributed by atoms with E-state index < -0.39 is 6.48 Å². The number of ether oxygens (including phenoxy) is 3. The van der Waals surface area contributed by atoms with Crippen LogP contribution in [0.3, 0.4) is 0 Å². The molecule has 1 saturated carbocycles. The Kier molecular flexibility index (Phi) is 4.85. The number of methoxy groups -OCH3 is 1. The summed E-state index contributed by atoms with van der Waals surface area (Å²) in [6.45, 7) is 5.95. The van der Waals surface area contributed by atoms with Gasteiger partial charge in [-0.3, -0.25) is 0 Å². The van der Waals surface area contributed by atoms with Crippen molar-refractivity contribution in [2.24, 2.45) is 0 Å². The van der Waals surface area contributed by atoms with Crippen LogP contribution in [0.1, 0.15) is 38.3 Å². The van der Waals surface area contributed by atoms with E-state index in [-0.39, 0.29) is 29.2 Å². The van der Waals surface area contributed by atoms with Crippen LogP contribution in [-0.4, -0.2) is 37.4 Å². The molecular formula is C23H29NO3. The van der Waals surface area contributed by atoms with E-state index in [1.165, 1.54) is 11.1 Å². The zero-order valence-electron chi connectivity index (χ0n) is 16.5. The van der Waals surface area contributed by atoms with Crippen LogP contribution in [0.15, 0.2) is 60.7 Å². The Morgan fingerprint density at radius 3 is 1.96 bits per heavy atom. The highest BCUT2D eigenvalue weighted by atomic mass is 16.9. The van der Waals surface area contributed by atoms with Crippen molar-refractivity contribution in [1.82, 2.24) is 5.32 Å². The van der Waals surface area contributed by atoms with E-state index in [1.807, 2.05) is 0 Å². The van der Waals surface area contributed by atoms with Gasteiger partial charge in [0.05, 0.1) is 5.41 Å². The molecule has 27 heavy (non-hydrogen) atoms. The molecule has 1 N–H and O–H groups in total. The lowest BCUT2D eigenvalue weighted by Gasteiger charge is -2.36. The maximum Gasteiger partial charge on any atom is 0.272 e. The molecule has 1 saturated heterocycles. The van der Waals surface area contributed by atoms with E-state index in [4.69, 9.17) is 14.2 Å². The van der Waals surface area contributed by atoms with Crippen molar-refractivity contribution in [3.8, 4) is 0 Å². The first-order valence-electron chi connectivity index (χ1n) is 9.66. The lowest BCUT2D eigenvalue weighted by atomic mass is 9.71. The van der Waals surface area contributed by atoms with E-state index in [0.29, 0.717) is 0 Å². The quantitative estimate of drug-likeness (QED) is 0.891. The Morgan fingerprint density at radius 2 is 1.48 bits per heavy atom. The molecule has 0 bridgehead atoms. The van der Waals surface area contributed by atoms with Crippen LogP contribution in [-0.2, 0) is 19.6 Å². The highest BCUT2D eigenvalue weighted by Gasteiger charge is 2.61. The van der Waals surface area contributed by atoms with Crippen LogP contribution in [0.5, 0.6) is 0 Å². The topological polar surface area (TPSA) is 39.7 Å². The third-order valence-corrected chi connectivity index (χ3v) is 5.64. The summed E-state index contributed by atoms with van der Waals surface area (Å²) in [5.74, 6) is 0. The lowest BCUT2D eigenvalue weighted by Crippen LogP contribution is -2.48. The minimum Gasteiger partial charge on any atom is -0.333 e. The average Bonchev–Trinajstić information content (AvgIpc) is 3.21. The second-order valence-corrected chi connectivity index (χ2v) is 8.59. The van der Waals surface area contributed by atoms with Crippen LogP contribution >= 0.6 is 0 Å². The summed E-state index contributed by atoms with van der Waals surface area (Å²) in [4.78, 5) is 0. The first kappa shape index (κ1) is 18.6. The first-order chi connectivity index (χ1) is 12.9. The van der Waals surface area contributed by atoms with E-state index in [0.717, 1.165) is 6.42 Å². The Labute approximate surface area is 161 Å². The summed E-state index contributed by atoms with van der Waals surface area (Å²) in [6, 6.07) is 21.5. The molecule has 1 unspecified atom stereocenters. The van der Waals surface area contributed by atoms with Gasteiger partial charge in [0.1, 0.15) is 12.2 Å². The van der Waals surface area contributed by atoms with E-state index in [1.54, 1.807) is 7.11 Å². The molecule has 4 atom stereocenters. The number of nitrogens with one attached hydrogen (secondary N) is 1. The molecule has 4 heteroatoms. The summed E-state index contributed by atoms with van der Waals surface area (Å²) in [5.41, 5.74) is 2.20. The fourth-order valence-electron chi connectivity index (χ4n) is 4.71. The van der Waals surface area contributed by atoms with Gasteiger partial charge in [-0.2, -0.15) is 0 Å². The van der Waals surface area contributed by atoms with Gasteiger partial charge in [0.15, 0.2) is 0 Å². The SMILES string of the molecule is COC1O[C@@H]2[C@@H](NC(C)(C)C)CC(c3ccccc3)(c3ccccc3)[C@@H]2O1. The Bertz CT molecular complexity index is 717. The summed E-state index contributed by atoms with van der Waals surface area (Å²) < 4.78 is 17.9. The number of hydrogen-bond donors (Lipinski definition) is 1. The third kappa shape index (κ3) is 3.32. The number of hydrogen-bond acceptors (Lipinski definition) is 4. The summed E-state index contributed by atoms with van der Waals surface area (Å²) in [5, 5.41) is 3.77. The standard InChI is InChI=1S/C23H29NO3/c1-22(2,3)24-18-15-23(16-11-7-5-8-12-16,17-13-9-6-10-14-17)20-19(18)26-21(25-4)27-20/h5-14,18-21,24H,15H2,1-4H3/t18-,19+,20+,21?/m0/s1. The van der Waals surface area contributed by atoms with E-state index in [9.17, 15) is 0 Å². The molecule has 2 aliphatic rings. The molecule has 2 fully saturated rings. The molecule has 0 radical (unpaired) electrons. The van der Waals surface area contributed by atoms with Crippen molar-refractivity contribution in [2.45, 2.75) is 62.9 Å². The first-order valence-corrected chi connectivity index (χ1v) is 9.66. The van der Waals surface area contributed by atoms with Crippen LogP contribution in [0.4, 0.5) is 0 Å². The van der Waals surface area contributed by atoms with Crippen molar-refractivity contribution in [2.75, 3.05) is 7.11 Å². The second-order valence-electron chi connectivity index (χ2n) is 8.59. The van der Waals surface area contributed by atoms with Gasteiger partial charge in [0, 0.05) is 18.7 Å². The zero-order chi connectivity index (χ0) is 19.1. The molecule has 1 aliphatic carbocycles. The van der Waals surface area contributed by atoms with Crippen molar-refractivity contribution in [3.63, 3.8) is 0 Å². The fourth-order valence-corrected chi connectivity index (χ4v) is 4.71. The van der Waals surface area contributed by atoms with Crippen molar-refractivity contribution < 1.29 is 14.2 Å². The monoisotopic (exact) mass is 367 g/mol. The Balaban J connectivity index is 1.85. The van der Waals surface area contributed by atoms with Crippen molar-refractivity contribution in [1.29, 1.82) is 0 Å². The van der Waals surface area contributed by atoms with Gasteiger partial charge in [0.25, 0.3) is 6.48 Å². The van der Waals surface area contributed by atoms with Gasteiger partial charge < -0.3 is 19.5 Å². The van der Waals surface area contributed by atoms with Crippen molar-refractivity contribution in [3.05, 3.63) is 71.8 Å². The number of fused-ring (bicyclic) bond motifs is 1. The van der Waals surface area contributed by atoms with Crippen LogP contribution < -0.4 is 5.32 Å². The van der Waals surface area contributed by atoms with Gasteiger partial charge in [-0.1, -0.05) is 60.7 Å². The van der Waals surface area contributed by atoms with Crippen LogP contribution in [0.2, 0.25) is 0 Å². The lowest BCUT2D eigenvalue weighted by molar-refractivity contribution is -0.236. The number of rotatable bonds is 4. The summed E-state index contributed by atoms with van der Waals surface area (Å²) in [7, 11) is 1.63. The third-order valence-electron chi connectivity index (χ3n) is 5.64. The minimum atomic E-state index is -0.628. The minimum absolute atomic E-state index is 0.0206. The molecule has 0 amide bonds. The summed E-state index contributed by atoms with van der Waals surface area (Å²) in [6.07, 6.45) is 0.714. The normalized spacial score (nSPS) is 29.6. The molecule has 4 rings (SSSR count). The van der Waals surface area contributed by atoms with Gasteiger partial charge in [-0.05, 0) is 38.3 Å². The zero-order valence-corrected chi connectivity index (χ0v) is 16.5. The molecule has 144 valence electrons. The molecule has 4 nitrogen and oxygen atoms in total. The largest absolute Gasteiger partial charge is 0.333 e. The van der Waals surface area contributed by atoms with E-state index >= 15 is 0 Å². The fraction of sp³-hybridized carbons (Fsp3) is 0.478. The smallest absolute Gasteiger partial charge is 0.272 e. The molecule has 1 aliphatic heterocycles. The molecule has 0 spiro atoms. The number of benzene rings is 2. The van der Waals surface area contributed by atoms with Gasteiger partial charge >= 0.3 is 0 Å². The Morgan fingerprint density at radius 1 is 0.926 bits per heavy atom. The molecule has 2 aromatic rings. The molecule has 0 aromatic heterocycles. The highest BCUT2D eigenvalue weighted by molar-refractivity contribution is 5.45. The maximum absolute atomic E-state index is 6.32. The van der Waals surface area contributed by atoms with Crippen LogP contribution in [0, 0.1) is 0 Å². The Hall–Kier alpha value is -1.72. The molecule has 1 heterocycles. The van der Waals surface area contributed by atoms with Gasteiger partial charge in [-0.25, -0.2) is 0 Å². The average molecular weight is 367 g/mol. The predicted molar refractivity (Wildman–Crippen MR) is 106 cm³/mol. The van der Waals surface area contributed by atoms with E-state index in [2.05, 4.69) is 86.8 Å². The highest BCUT2D eigenvalue weighted by Crippen LogP contribution is 2.52. The van der Waals surface area contributed by atoms with Crippen molar-refractivity contribution >= 4 is 0 Å². The molecular weight excluding hydrogens is 338 g/mol. The molecule has 2 aromatic carbocycles.